The predicted molar refractivity (Wildman–Crippen MR) is 112 cm³/mol. The van der Waals surface area contributed by atoms with E-state index in [0.29, 0.717) is 36.7 Å². The smallest absolute Gasteiger partial charge is 0.359 e. The Labute approximate surface area is 175 Å². The summed E-state index contributed by atoms with van der Waals surface area (Å²) < 4.78 is 7.12. The minimum atomic E-state index is -0.431. The fraction of sp³-hybridized carbons (Fsp3) is 0.455. The van der Waals surface area contributed by atoms with E-state index in [1.165, 1.54) is 0 Å². The average molecular weight is 409 g/mol. The Hall–Kier alpha value is -3.16. The Kier molecular flexibility index (Phi) is 5.32. The van der Waals surface area contributed by atoms with Gasteiger partial charge in [0.1, 0.15) is 5.82 Å². The fourth-order valence-electron chi connectivity index (χ4n) is 3.98. The number of benzene rings is 1. The van der Waals surface area contributed by atoms with Crippen molar-refractivity contribution in [2.75, 3.05) is 13.2 Å². The van der Waals surface area contributed by atoms with Crippen LogP contribution in [0, 0.1) is 12.8 Å². The van der Waals surface area contributed by atoms with Gasteiger partial charge in [-0.15, -0.1) is 0 Å². The van der Waals surface area contributed by atoms with Gasteiger partial charge in [-0.1, -0.05) is 13.8 Å². The number of nitrogens with one attached hydrogen (secondary N) is 1. The monoisotopic (exact) mass is 409 g/mol. The van der Waals surface area contributed by atoms with Crippen LogP contribution >= 0.6 is 0 Å². The number of hydrogen-bond acceptors (Lipinski definition) is 5. The molecule has 0 fully saturated rings. The lowest BCUT2D eigenvalue weighted by Gasteiger charge is -2.28. The molecule has 30 heavy (non-hydrogen) atoms. The molecule has 0 radical (unpaired) electrons. The number of amides is 1. The molecule has 3 heterocycles. The van der Waals surface area contributed by atoms with E-state index in [0.717, 1.165) is 34.7 Å². The highest BCUT2D eigenvalue weighted by Gasteiger charge is 2.31. The van der Waals surface area contributed by atoms with Crippen LogP contribution < -0.4 is 0 Å². The molecule has 1 amide bonds. The number of carbonyl (C=O) groups excluding carboxylic acids is 2. The molecule has 0 unspecified atom stereocenters. The summed E-state index contributed by atoms with van der Waals surface area (Å²) in [5.74, 6) is 0.711. The maximum Gasteiger partial charge on any atom is 0.359 e. The quantitative estimate of drug-likeness (QED) is 0.654. The minimum Gasteiger partial charge on any atom is -0.461 e. The predicted octanol–water partition coefficient (Wildman–Crippen LogP) is 3.10. The van der Waals surface area contributed by atoms with Gasteiger partial charge in [-0.2, -0.15) is 5.10 Å². The third-order valence-corrected chi connectivity index (χ3v) is 5.28. The van der Waals surface area contributed by atoms with Crippen LogP contribution in [0.2, 0.25) is 0 Å². The molecule has 0 atom stereocenters. The van der Waals surface area contributed by atoms with Gasteiger partial charge in [0.05, 0.1) is 24.2 Å². The summed E-state index contributed by atoms with van der Waals surface area (Å²) in [5, 5.41) is 4.55. The Balaban J connectivity index is 1.64. The number of esters is 1. The van der Waals surface area contributed by atoms with Gasteiger partial charge in [0, 0.05) is 36.3 Å². The van der Waals surface area contributed by atoms with E-state index in [-0.39, 0.29) is 12.5 Å². The van der Waals surface area contributed by atoms with Crippen LogP contribution in [-0.4, -0.2) is 49.7 Å². The summed E-state index contributed by atoms with van der Waals surface area (Å²) in [6.45, 7) is 9.84. The first kappa shape index (κ1) is 20.1. The van der Waals surface area contributed by atoms with Gasteiger partial charge in [-0.05, 0) is 38.0 Å². The van der Waals surface area contributed by atoms with Gasteiger partial charge < -0.3 is 14.6 Å². The van der Waals surface area contributed by atoms with Crippen LogP contribution in [0.4, 0.5) is 0 Å². The van der Waals surface area contributed by atoms with E-state index < -0.39 is 5.97 Å². The summed E-state index contributed by atoms with van der Waals surface area (Å²) in [6.07, 6.45) is 0.658. The standard InChI is InChI=1S/C22H27N5O3/c1-5-30-22(29)20-16-12-26(9-8-19(16)27(25-20)11-13(2)3)21(28)15-6-7-17-18(10-15)24-14(4)23-17/h6-7,10,13H,5,8-9,11-12H2,1-4H3,(H,23,24). The van der Waals surface area contributed by atoms with Crippen LogP contribution in [0.25, 0.3) is 11.0 Å². The summed E-state index contributed by atoms with van der Waals surface area (Å²) in [4.78, 5) is 35.0. The third-order valence-electron chi connectivity index (χ3n) is 5.28. The van der Waals surface area contributed by atoms with Gasteiger partial charge in [-0.3, -0.25) is 9.48 Å². The first-order chi connectivity index (χ1) is 14.4. The molecule has 0 saturated heterocycles. The molecule has 8 nitrogen and oxygen atoms in total. The highest BCUT2D eigenvalue weighted by molar-refractivity contribution is 5.98. The van der Waals surface area contributed by atoms with Crippen LogP contribution in [0.15, 0.2) is 18.2 Å². The lowest BCUT2D eigenvalue weighted by atomic mass is 10.0. The van der Waals surface area contributed by atoms with Crippen molar-refractivity contribution >= 4 is 22.9 Å². The van der Waals surface area contributed by atoms with Crippen molar-refractivity contribution in [1.82, 2.24) is 24.6 Å². The maximum atomic E-state index is 13.2. The number of aromatic nitrogens is 4. The Morgan fingerprint density at radius 3 is 2.83 bits per heavy atom. The molecule has 4 rings (SSSR count). The first-order valence-electron chi connectivity index (χ1n) is 10.4. The first-order valence-corrected chi connectivity index (χ1v) is 10.4. The SMILES string of the molecule is CCOC(=O)c1nn(CC(C)C)c2c1CN(C(=O)c1ccc3nc(C)[nH]c3c1)CC2. The molecule has 1 N–H and O–H groups in total. The second-order valence-corrected chi connectivity index (χ2v) is 8.10. The normalized spacial score (nSPS) is 13.7. The highest BCUT2D eigenvalue weighted by Crippen LogP contribution is 2.26. The third kappa shape index (κ3) is 3.69. The number of rotatable bonds is 5. The van der Waals surface area contributed by atoms with Crippen LogP contribution in [0.3, 0.4) is 0 Å². The number of imidazole rings is 1. The van der Waals surface area contributed by atoms with Gasteiger partial charge in [-0.25, -0.2) is 9.78 Å². The Morgan fingerprint density at radius 2 is 2.10 bits per heavy atom. The van der Waals surface area contributed by atoms with Crippen molar-refractivity contribution in [1.29, 1.82) is 0 Å². The van der Waals surface area contributed by atoms with Gasteiger partial charge >= 0.3 is 5.97 Å². The van der Waals surface area contributed by atoms with E-state index in [9.17, 15) is 9.59 Å². The fourth-order valence-corrected chi connectivity index (χ4v) is 3.98. The molecule has 0 spiro atoms. The Morgan fingerprint density at radius 1 is 1.30 bits per heavy atom. The number of H-pyrrole nitrogens is 1. The molecule has 1 aliphatic heterocycles. The highest BCUT2D eigenvalue weighted by atomic mass is 16.5. The lowest BCUT2D eigenvalue weighted by molar-refractivity contribution is 0.0513. The van der Waals surface area contributed by atoms with Crippen molar-refractivity contribution < 1.29 is 14.3 Å². The molecule has 0 bridgehead atoms. The lowest BCUT2D eigenvalue weighted by Crippen LogP contribution is -2.37. The summed E-state index contributed by atoms with van der Waals surface area (Å²) in [7, 11) is 0. The van der Waals surface area contributed by atoms with E-state index in [1.54, 1.807) is 17.9 Å². The molecule has 3 aromatic rings. The van der Waals surface area contributed by atoms with Crippen LogP contribution in [-0.2, 0) is 24.2 Å². The van der Waals surface area contributed by atoms with Gasteiger partial charge in [0.25, 0.3) is 5.91 Å². The van der Waals surface area contributed by atoms with Gasteiger partial charge in [0.2, 0.25) is 0 Å². The molecule has 1 aromatic carbocycles. The van der Waals surface area contributed by atoms with E-state index >= 15 is 0 Å². The molecule has 8 heteroatoms. The average Bonchev–Trinajstić information content (AvgIpc) is 3.25. The number of nitrogens with zero attached hydrogens (tertiary/aromatic N) is 4. The summed E-state index contributed by atoms with van der Waals surface area (Å²) in [6, 6.07) is 5.49. The summed E-state index contributed by atoms with van der Waals surface area (Å²) in [5.41, 5.74) is 4.42. The molecule has 2 aromatic heterocycles. The summed E-state index contributed by atoms with van der Waals surface area (Å²) >= 11 is 0. The molecule has 158 valence electrons. The number of carbonyl (C=O) groups is 2. The molecule has 1 aliphatic rings. The van der Waals surface area contributed by atoms with E-state index in [2.05, 4.69) is 28.9 Å². The Bertz CT molecular complexity index is 1110. The zero-order valence-electron chi connectivity index (χ0n) is 17.9. The van der Waals surface area contributed by atoms with E-state index in [1.807, 2.05) is 23.7 Å². The van der Waals surface area contributed by atoms with Crippen molar-refractivity contribution in [2.24, 2.45) is 5.92 Å². The van der Waals surface area contributed by atoms with Crippen molar-refractivity contribution in [3.63, 3.8) is 0 Å². The molecule has 0 saturated carbocycles. The number of hydrogen-bond donors (Lipinski definition) is 1. The number of ether oxygens (including phenoxy) is 1. The largest absolute Gasteiger partial charge is 0.461 e. The minimum absolute atomic E-state index is 0.0683. The molecular weight excluding hydrogens is 382 g/mol. The van der Waals surface area contributed by atoms with Crippen molar-refractivity contribution in [3.8, 4) is 0 Å². The number of aryl methyl sites for hydroxylation is 1. The topological polar surface area (TPSA) is 93.1 Å². The second-order valence-electron chi connectivity index (χ2n) is 8.10. The van der Waals surface area contributed by atoms with Crippen LogP contribution in [0.1, 0.15) is 58.7 Å². The zero-order chi connectivity index (χ0) is 21.4. The second kappa shape index (κ2) is 7.93. The zero-order valence-corrected chi connectivity index (χ0v) is 17.9. The van der Waals surface area contributed by atoms with Crippen molar-refractivity contribution in [2.45, 2.75) is 47.2 Å². The van der Waals surface area contributed by atoms with Gasteiger partial charge in [0.15, 0.2) is 5.69 Å². The van der Waals surface area contributed by atoms with E-state index in [4.69, 9.17) is 4.74 Å². The molecule has 0 aliphatic carbocycles. The van der Waals surface area contributed by atoms with Crippen molar-refractivity contribution in [3.05, 3.63) is 46.5 Å². The number of fused-ring (bicyclic) bond motifs is 2. The maximum absolute atomic E-state index is 13.2. The molecular formula is C22H27N5O3. The number of aromatic amines is 1. The van der Waals surface area contributed by atoms with Crippen LogP contribution in [0.5, 0.6) is 0 Å².